The minimum atomic E-state index is -0.748. The predicted molar refractivity (Wildman–Crippen MR) is 82.4 cm³/mol. The Hall–Kier alpha value is -1.95. The van der Waals surface area contributed by atoms with Crippen LogP contribution in [0.4, 0.5) is 8.78 Å². The molecule has 1 atom stereocenters. The van der Waals surface area contributed by atoms with Crippen molar-refractivity contribution in [3.63, 3.8) is 0 Å². The molecule has 116 valence electrons. The van der Waals surface area contributed by atoms with Gasteiger partial charge in [0.15, 0.2) is 6.10 Å². The lowest BCUT2D eigenvalue weighted by Crippen LogP contribution is -2.35. The highest BCUT2D eigenvalue weighted by atomic mass is 79.9. The molecule has 0 radical (unpaired) electrons. The van der Waals surface area contributed by atoms with Crippen molar-refractivity contribution in [1.82, 2.24) is 5.32 Å². The summed E-state index contributed by atoms with van der Waals surface area (Å²) in [7, 11) is 0. The first kappa shape index (κ1) is 16.4. The number of nitrogens with one attached hydrogen (secondary N) is 1. The fourth-order valence-electron chi connectivity index (χ4n) is 1.75. The average Bonchev–Trinajstić information content (AvgIpc) is 2.49. The third-order valence-electron chi connectivity index (χ3n) is 2.95. The molecular formula is C16H14BrF2NO2. The molecule has 2 aromatic rings. The molecule has 6 heteroatoms. The summed E-state index contributed by atoms with van der Waals surface area (Å²) < 4.78 is 31.7. The van der Waals surface area contributed by atoms with Crippen molar-refractivity contribution in [2.75, 3.05) is 0 Å². The Labute approximate surface area is 135 Å². The molecule has 1 N–H and O–H groups in total. The number of hydrogen-bond donors (Lipinski definition) is 1. The fraction of sp³-hybridized carbons (Fsp3) is 0.188. The summed E-state index contributed by atoms with van der Waals surface area (Å²) in [6.07, 6.45) is -0.748. The third kappa shape index (κ3) is 4.53. The van der Waals surface area contributed by atoms with Crippen molar-refractivity contribution in [3.8, 4) is 5.75 Å². The van der Waals surface area contributed by atoms with Crippen LogP contribution in [0.2, 0.25) is 0 Å². The van der Waals surface area contributed by atoms with Crippen molar-refractivity contribution in [1.29, 1.82) is 0 Å². The van der Waals surface area contributed by atoms with Crippen LogP contribution in [0.15, 0.2) is 46.9 Å². The van der Waals surface area contributed by atoms with Crippen LogP contribution < -0.4 is 10.1 Å². The second-order valence-corrected chi connectivity index (χ2v) is 5.53. The van der Waals surface area contributed by atoms with Gasteiger partial charge in [0.25, 0.3) is 5.91 Å². The molecule has 0 aliphatic carbocycles. The average molecular weight is 370 g/mol. The molecular weight excluding hydrogens is 356 g/mol. The molecule has 0 heterocycles. The zero-order chi connectivity index (χ0) is 16.1. The normalized spacial score (nSPS) is 11.8. The minimum absolute atomic E-state index is 0.275. The van der Waals surface area contributed by atoms with Gasteiger partial charge in [-0.1, -0.05) is 12.1 Å². The van der Waals surface area contributed by atoms with E-state index in [0.717, 1.165) is 5.56 Å². The number of halogens is 3. The molecule has 0 bridgehead atoms. The smallest absolute Gasteiger partial charge is 0.261 e. The monoisotopic (exact) mass is 369 g/mol. The molecule has 0 aliphatic heterocycles. The zero-order valence-corrected chi connectivity index (χ0v) is 13.4. The van der Waals surface area contributed by atoms with Crippen LogP contribution in [0, 0.1) is 11.6 Å². The van der Waals surface area contributed by atoms with E-state index >= 15 is 0 Å². The SMILES string of the molecule is C[C@H](Oc1ccc(F)cc1Br)C(=O)NCc1ccc(F)cc1. The highest BCUT2D eigenvalue weighted by Crippen LogP contribution is 2.26. The summed E-state index contributed by atoms with van der Waals surface area (Å²) in [6.45, 7) is 1.87. The number of benzene rings is 2. The van der Waals surface area contributed by atoms with E-state index in [9.17, 15) is 13.6 Å². The molecule has 3 nitrogen and oxygen atoms in total. The quantitative estimate of drug-likeness (QED) is 0.869. The Kier molecular flexibility index (Phi) is 5.49. The Morgan fingerprint density at radius 2 is 1.82 bits per heavy atom. The van der Waals surface area contributed by atoms with Crippen LogP contribution in [-0.2, 0) is 11.3 Å². The highest BCUT2D eigenvalue weighted by Gasteiger charge is 2.16. The number of carbonyl (C=O) groups is 1. The predicted octanol–water partition coefficient (Wildman–Crippen LogP) is 3.81. The second kappa shape index (κ2) is 7.35. The van der Waals surface area contributed by atoms with Crippen LogP contribution in [0.3, 0.4) is 0 Å². The molecule has 0 saturated heterocycles. The van der Waals surface area contributed by atoms with Crippen molar-refractivity contribution in [2.24, 2.45) is 0 Å². The van der Waals surface area contributed by atoms with Gasteiger partial charge in [0, 0.05) is 6.54 Å². The Balaban J connectivity index is 1.90. The minimum Gasteiger partial charge on any atom is -0.480 e. The van der Waals surface area contributed by atoms with Crippen molar-refractivity contribution in [2.45, 2.75) is 19.6 Å². The van der Waals surface area contributed by atoms with E-state index in [1.165, 1.54) is 30.3 Å². The van der Waals surface area contributed by atoms with Gasteiger partial charge in [0.2, 0.25) is 0 Å². The maximum Gasteiger partial charge on any atom is 0.261 e. The number of ether oxygens (including phenoxy) is 1. The molecule has 0 unspecified atom stereocenters. The van der Waals surface area contributed by atoms with Crippen molar-refractivity contribution < 1.29 is 18.3 Å². The molecule has 2 rings (SSSR count). The van der Waals surface area contributed by atoms with Crippen LogP contribution in [0.1, 0.15) is 12.5 Å². The summed E-state index contributed by atoms with van der Waals surface area (Å²) in [4.78, 5) is 12.0. The number of amides is 1. The van der Waals surface area contributed by atoms with Gasteiger partial charge in [-0.2, -0.15) is 0 Å². The number of rotatable bonds is 5. The summed E-state index contributed by atoms with van der Waals surface area (Å²) in [5, 5.41) is 2.69. The maximum atomic E-state index is 13.0. The number of carbonyl (C=O) groups excluding carboxylic acids is 1. The summed E-state index contributed by atoms with van der Waals surface area (Å²) in [5.41, 5.74) is 0.782. The largest absolute Gasteiger partial charge is 0.480 e. The third-order valence-corrected chi connectivity index (χ3v) is 3.57. The van der Waals surface area contributed by atoms with Gasteiger partial charge in [-0.25, -0.2) is 8.78 Å². The van der Waals surface area contributed by atoms with E-state index in [0.29, 0.717) is 10.2 Å². The zero-order valence-electron chi connectivity index (χ0n) is 11.8. The van der Waals surface area contributed by atoms with E-state index in [4.69, 9.17) is 4.74 Å². The van der Waals surface area contributed by atoms with Crippen LogP contribution in [-0.4, -0.2) is 12.0 Å². The van der Waals surface area contributed by atoms with Gasteiger partial charge in [-0.15, -0.1) is 0 Å². The number of hydrogen-bond acceptors (Lipinski definition) is 2. The maximum absolute atomic E-state index is 13.0. The molecule has 0 fully saturated rings. The van der Waals surface area contributed by atoms with E-state index < -0.39 is 11.9 Å². The van der Waals surface area contributed by atoms with E-state index in [1.807, 2.05) is 0 Å². The first-order valence-corrected chi connectivity index (χ1v) is 7.39. The van der Waals surface area contributed by atoms with E-state index in [-0.39, 0.29) is 18.3 Å². The van der Waals surface area contributed by atoms with Crippen LogP contribution >= 0.6 is 15.9 Å². The lowest BCUT2D eigenvalue weighted by Gasteiger charge is -2.15. The summed E-state index contributed by atoms with van der Waals surface area (Å²) in [5.74, 6) is -0.660. The lowest BCUT2D eigenvalue weighted by molar-refractivity contribution is -0.127. The van der Waals surface area contributed by atoms with Crippen LogP contribution in [0.5, 0.6) is 5.75 Å². The van der Waals surface area contributed by atoms with Gasteiger partial charge in [0.05, 0.1) is 4.47 Å². The molecule has 0 aromatic heterocycles. The van der Waals surface area contributed by atoms with Gasteiger partial charge in [0.1, 0.15) is 17.4 Å². The summed E-state index contributed by atoms with van der Waals surface area (Å²) in [6, 6.07) is 9.81. The van der Waals surface area contributed by atoms with Gasteiger partial charge in [-0.05, 0) is 58.7 Å². The molecule has 0 saturated carbocycles. The fourth-order valence-corrected chi connectivity index (χ4v) is 2.19. The Morgan fingerprint density at radius 3 is 2.45 bits per heavy atom. The first-order valence-electron chi connectivity index (χ1n) is 6.59. The van der Waals surface area contributed by atoms with Crippen LogP contribution in [0.25, 0.3) is 0 Å². The van der Waals surface area contributed by atoms with Gasteiger partial charge >= 0.3 is 0 Å². The molecule has 22 heavy (non-hydrogen) atoms. The molecule has 0 aliphatic rings. The standard InChI is InChI=1S/C16H14BrF2NO2/c1-10(22-15-7-6-13(19)8-14(15)17)16(21)20-9-11-2-4-12(18)5-3-11/h2-8,10H,9H2,1H3,(H,20,21)/t10-/m0/s1. The lowest BCUT2D eigenvalue weighted by atomic mass is 10.2. The molecule has 2 aromatic carbocycles. The topological polar surface area (TPSA) is 38.3 Å². The van der Waals surface area contributed by atoms with E-state index in [1.54, 1.807) is 19.1 Å². The summed E-state index contributed by atoms with van der Waals surface area (Å²) >= 11 is 3.17. The highest BCUT2D eigenvalue weighted by molar-refractivity contribution is 9.10. The Bertz CT molecular complexity index is 662. The Morgan fingerprint density at radius 1 is 1.18 bits per heavy atom. The van der Waals surface area contributed by atoms with Crippen molar-refractivity contribution in [3.05, 3.63) is 64.1 Å². The second-order valence-electron chi connectivity index (χ2n) is 4.68. The van der Waals surface area contributed by atoms with Crippen molar-refractivity contribution >= 4 is 21.8 Å². The molecule has 1 amide bonds. The first-order chi connectivity index (χ1) is 10.5. The van der Waals surface area contributed by atoms with Gasteiger partial charge < -0.3 is 10.1 Å². The van der Waals surface area contributed by atoms with E-state index in [2.05, 4.69) is 21.2 Å². The molecule has 0 spiro atoms. The van der Waals surface area contributed by atoms with Gasteiger partial charge in [-0.3, -0.25) is 4.79 Å².